The number of rotatable bonds is 4. The summed E-state index contributed by atoms with van der Waals surface area (Å²) in [6.07, 6.45) is 9.85. The predicted molar refractivity (Wildman–Crippen MR) is 83.5 cm³/mol. The van der Waals surface area contributed by atoms with Crippen LogP contribution in [0.2, 0.25) is 0 Å². The van der Waals surface area contributed by atoms with Gasteiger partial charge < -0.3 is 10.0 Å². The Morgan fingerprint density at radius 1 is 1.05 bits per heavy atom. The van der Waals surface area contributed by atoms with E-state index in [1.54, 1.807) is 0 Å². The minimum atomic E-state index is -0.676. The van der Waals surface area contributed by atoms with E-state index in [2.05, 4.69) is 19.7 Å². The van der Waals surface area contributed by atoms with Gasteiger partial charge in [0, 0.05) is 19.6 Å². The van der Waals surface area contributed by atoms with Gasteiger partial charge in [0.25, 0.3) is 0 Å². The van der Waals surface area contributed by atoms with Crippen LogP contribution in [0, 0.1) is 17.8 Å². The Kier molecular flexibility index (Phi) is 2.85. The smallest absolute Gasteiger partial charge is 0.227 e. The molecule has 0 spiro atoms. The van der Waals surface area contributed by atoms with E-state index in [0.717, 1.165) is 62.0 Å². The molecule has 0 aromatic carbocycles. The van der Waals surface area contributed by atoms with Gasteiger partial charge in [-0.25, -0.2) is 0 Å². The molecule has 1 aromatic heterocycles. The standard InChI is InChI=1S/C17H26N4O/c22-17(6-7-17)15-18-19-16(21(15)11-13-2-3-13)20-8-5-12-1-4-14(9-12)10-20/h12-14,22H,1-11H2. The van der Waals surface area contributed by atoms with Gasteiger partial charge >= 0.3 is 0 Å². The third-order valence-corrected chi connectivity index (χ3v) is 6.23. The molecule has 0 amide bonds. The molecule has 4 aliphatic rings. The summed E-state index contributed by atoms with van der Waals surface area (Å²) < 4.78 is 2.27. The van der Waals surface area contributed by atoms with Crippen LogP contribution in [0.4, 0.5) is 5.95 Å². The Hall–Kier alpha value is -1.10. The van der Waals surface area contributed by atoms with E-state index in [1.807, 2.05) is 0 Å². The number of hydrogen-bond acceptors (Lipinski definition) is 4. The maximum absolute atomic E-state index is 10.5. The second-order valence-corrected chi connectivity index (χ2v) is 8.19. The molecule has 120 valence electrons. The quantitative estimate of drug-likeness (QED) is 0.927. The lowest BCUT2D eigenvalue weighted by molar-refractivity contribution is 0.135. The third kappa shape index (κ3) is 2.25. The van der Waals surface area contributed by atoms with Crippen molar-refractivity contribution in [3.05, 3.63) is 5.82 Å². The highest BCUT2D eigenvalue weighted by molar-refractivity contribution is 5.34. The highest BCUT2D eigenvalue weighted by Gasteiger charge is 2.48. The van der Waals surface area contributed by atoms with Crippen LogP contribution in [-0.2, 0) is 12.1 Å². The fourth-order valence-corrected chi connectivity index (χ4v) is 4.47. The second kappa shape index (κ2) is 4.70. The van der Waals surface area contributed by atoms with Gasteiger partial charge in [0.05, 0.1) is 0 Å². The van der Waals surface area contributed by atoms with E-state index in [0.29, 0.717) is 0 Å². The Morgan fingerprint density at radius 3 is 2.64 bits per heavy atom. The summed E-state index contributed by atoms with van der Waals surface area (Å²) >= 11 is 0. The maximum Gasteiger partial charge on any atom is 0.227 e. The molecule has 22 heavy (non-hydrogen) atoms. The topological polar surface area (TPSA) is 54.2 Å². The van der Waals surface area contributed by atoms with Gasteiger partial charge in [-0.15, -0.1) is 10.2 Å². The van der Waals surface area contributed by atoms with Crippen LogP contribution in [0.5, 0.6) is 0 Å². The van der Waals surface area contributed by atoms with Crippen molar-refractivity contribution in [2.24, 2.45) is 17.8 Å². The molecule has 4 fully saturated rings. The first-order valence-corrected chi connectivity index (χ1v) is 9.12. The van der Waals surface area contributed by atoms with E-state index < -0.39 is 5.60 Å². The Labute approximate surface area is 131 Å². The van der Waals surface area contributed by atoms with Crippen molar-refractivity contribution < 1.29 is 5.11 Å². The van der Waals surface area contributed by atoms with E-state index in [1.165, 1.54) is 38.5 Å². The van der Waals surface area contributed by atoms with Crippen LogP contribution < -0.4 is 4.90 Å². The first-order chi connectivity index (χ1) is 10.7. The van der Waals surface area contributed by atoms with Crippen molar-refractivity contribution in [2.45, 2.75) is 63.5 Å². The number of nitrogens with zero attached hydrogens (tertiary/aromatic N) is 4. The molecule has 3 aliphatic carbocycles. The summed E-state index contributed by atoms with van der Waals surface area (Å²) in [7, 11) is 0. The van der Waals surface area contributed by atoms with Gasteiger partial charge in [0.1, 0.15) is 5.60 Å². The normalized spacial score (nSPS) is 33.0. The molecule has 3 saturated carbocycles. The zero-order valence-electron chi connectivity index (χ0n) is 13.2. The molecule has 5 rings (SSSR count). The second-order valence-electron chi connectivity index (χ2n) is 8.19. The molecule has 1 aliphatic heterocycles. The largest absolute Gasteiger partial charge is 0.382 e. The molecular formula is C17H26N4O. The number of aromatic nitrogens is 3. The van der Waals surface area contributed by atoms with Gasteiger partial charge in [-0.2, -0.15) is 0 Å². The van der Waals surface area contributed by atoms with Crippen molar-refractivity contribution in [3.8, 4) is 0 Å². The first kappa shape index (κ1) is 13.3. The van der Waals surface area contributed by atoms with Crippen LogP contribution >= 0.6 is 0 Å². The molecule has 2 unspecified atom stereocenters. The minimum absolute atomic E-state index is 0.676. The average Bonchev–Trinajstić information content (AvgIpc) is 3.36. The fourth-order valence-electron chi connectivity index (χ4n) is 4.47. The summed E-state index contributed by atoms with van der Waals surface area (Å²) in [4.78, 5) is 2.47. The van der Waals surface area contributed by atoms with Crippen LogP contribution in [-0.4, -0.2) is 33.0 Å². The predicted octanol–water partition coefficient (Wildman–Crippen LogP) is 2.30. The average molecular weight is 302 g/mol. The van der Waals surface area contributed by atoms with Gasteiger partial charge in [-0.3, -0.25) is 4.57 Å². The summed E-state index contributed by atoms with van der Waals surface area (Å²) in [6.45, 7) is 3.25. The van der Waals surface area contributed by atoms with Crippen LogP contribution in [0.3, 0.4) is 0 Å². The van der Waals surface area contributed by atoms with Crippen molar-refractivity contribution in [1.29, 1.82) is 0 Å². The van der Waals surface area contributed by atoms with Crippen molar-refractivity contribution in [1.82, 2.24) is 14.8 Å². The Bertz CT molecular complexity index is 575. The summed E-state index contributed by atoms with van der Waals surface area (Å²) in [6, 6.07) is 0. The zero-order valence-corrected chi connectivity index (χ0v) is 13.2. The lowest BCUT2D eigenvalue weighted by Crippen LogP contribution is -2.32. The number of fused-ring (bicyclic) bond motifs is 2. The molecule has 1 N–H and O–H groups in total. The Morgan fingerprint density at radius 2 is 1.86 bits per heavy atom. The maximum atomic E-state index is 10.5. The van der Waals surface area contributed by atoms with Gasteiger partial charge in [0.2, 0.25) is 5.95 Å². The van der Waals surface area contributed by atoms with E-state index in [4.69, 9.17) is 0 Å². The fraction of sp³-hybridized carbons (Fsp3) is 0.882. The van der Waals surface area contributed by atoms with Crippen LogP contribution in [0.1, 0.15) is 57.2 Å². The summed E-state index contributed by atoms with van der Waals surface area (Å²) in [5.74, 6) is 4.42. The van der Waals surface area contributed by atoms with E-state index in [9.17, 15) is 5.11 Å². The van der Waals surface area contributed by atoms with Crippen molar-refractivity contribution in [2.75, 3.05) is 18.0 Å². The molecular weight excluding hydrogens is 276 g/mol. The van der Waals surface area contributed by atoms with Crippen LogP contribution in [0.25, 0.3) is 0 Å². The van der Waals surface area contributed by atoms with E-state index in [-0.39, 0.29) is 0 Å². The molecule has 5 nitrogen and oxygen atoms in total. The molecule has 2 bridgehead atoms. The van der Waals surface area contributed by atoms with Gasteiger partial charge in [0.15, 0.2) is 5.82 Å². The first-order valence-electron chi connectivity index (χ1n) is 9.12. The summed E-state index contributed by atoms with van der Waals surface area (Å²) in [5.41, 5.74) is -0.676. The summed E-state index contributed by atoms with van der Waals surface area (Å²) in [5, 5.41) is 19.5. The highest BCUT2D eigenvalue weighted by Crippen LogP contribution is 2.46. The van der Waals surface area contributed by atoms with Crippen molar-refractivity contribution in [3.63, 3.8) is 0 Å². The molecule has 2 atom stereocenters. The SMILES string of the molecule is OC1(c2nnc(N3CCC4CCC(C4)C3)n2CC2CC2)CC1. The van der Waals surface area contributed by atoms with E-state index >= 15 is 0 Å². The zero-order chi connectivity index (χ0) is 14.7. The number of hydrogen-bond donors (Lipinski definition) is 1. The van der Waals surface area contributed by atoms with Gasteiger partial charge in [-0.05, 0) is 62.7 Å². The number of aliphatic hydroxyl groups is 1. The molecule has 1 aromatic rings. The Balaban J connectivity index is 1.46. The molecule has 5 heteroatoms. The highest BCUT2D eigenvalue weighted by atomic mass is 16.3. The molecule has 1 saturated heterocycles. The molecule has 0 radical (unpaired) electrons. The van der Waals surface area contributed by atoms with Gasteiger partial charge in [-0.1, -0.05) is 6.42 Å². The lowest BCUT2D eigenvalue weighted by atomic mass is 10.0. The minimum Gasteiger partial charge on any atom is -0.382 e. The third-order valence-electron chi connectivity index (χ3n) is 6.23. The monoisotopic (exact) mass is 302 g/mol. The lowest BCUT2D eigenvalue weighted by Gasteiger charge is -2.26. The number of anilines is 1. The molecule has 2 heterocycles. The van der Waals surface area contributed by atoms with Crippen LogP contribution in [0.15, 0.2) is 0 Å². The van der Waals surface area contributed by atoms with Crippen molar-refractivity contribution >= 4 is 5.95 Å².